The van der Waals surface area contributed by atoms with Crippen LogP contribution in [0.1, 0.15) is 25.3 Å². The van der Waals surface area contributed by atoms with E-state index in [1.807, 2.05) is 45.0 Å². The predicted octanol–water partition coefficient (Wildman–Crippen LogP) is 2.36. The van der Waals surface area contributed by atoms with Crippen LogP contribution in [0.4, 0.5) is 0 Å². The molecule has 0 aliphatic carbocycles. The maximum atomic E-state index is 11.4. The molecule has 20 heavy (non-hydrogen) atoms. The standard InChI is InChI=1S/C15H19N3O2/c1-10(2)14(19)16-9-8-13-17-18-15(20-13)12-6-4-11(3)5-7-12/h4-7,10H,8-9H2,1-3H3,(H,16,19). The van der Waals surface area contributed by atoms with E-state index in [1.165, 1.54) is 5.56 Å². The average molecular weight is 273 g/mol. The highest BCUT2D eigenvalue weighted by Crippen LogP contribution is 2.18. The van der Waals surface area contributed by atoms with Crippen LogP contribution in [0.2, 0.25) is 0 Å². The van der Waals surface area contributed by atoms with Crippen molar-refractivity contribution in [3.05, 3.63) is 35.7 Å². The normalized spacial score (nSPS) is 10.8. The summed E-state index contributed by atoms with van der Waals surface area (Å²) in [5.41, 5.74) is 2.09. The summed E-state index contributed by atoms with van der Waals surface area (Å²) in [6.07, 6.45) is 0.539. The van der Waals surface area contributed by atoms with E-state index in [9.17, 15) is 4.79 Å². The Hall–Kier alpha value is -2.17. The van der Waals surface area contributed by atoms with Crippen LogP contribution < -0.4 is 5.32 Å². The summed E-state index contributed by atoms with van der Waals surface area (Å²) in [5, 5.41) is 10.8. The quantitative estimate of drug-likeness (QED) is 0.908. The van der Waals surface area contributed by atoms with E-state index in [-0.39, 0.29) is 11.8 Å². The van der Waals surface area contributed by atoms with Crippen LogP contribution in [-0.2, 0) is 11.2 Å². The van der Waals surface area contributed by atoms with Crippen LogP contribution in [0.15, 0.2) is 28.7 Å². The molecule has 1 aromatic heterocycles. The van der Waals surface area contributed by atoms with Crippen LogP contribution in [0, 0.1) is 12.8 Å². The third-order valence-corrected chi connectivity index (χ3v) is 2.93. The van der Waals surface area contributed by atoms with Crippen molar-refractivity contribution in [3.8, 4) is 11.5 Å². The molecule has 106 valence electrons. The van der Waals surface area contributed by atoms with Crippen molar-refractivity contribution < 1.29 is 9.21 Å². The first-order valence-corrected chi connectivity index (χ1v) is 6.73. The van der Waals surface area contributed by atoms with Crippen LogP contribution in [0.25, 0.3) is 11.5 Å². The van der Waals surface area contributed by atoms with Crippen molar-refractivity contribution >= 4 is 5.91 Å². The zero-order chi connectivity index (χ0) is 14.5. The third kappa shape index (κ3) is 3.66. The van der Waals surface area contributed by atoms with E-state index in [4.69, 9.17) is 4.42 Å². The summed E-state index contributed by atoms with van der Waals surface area (Å²) < 4.78 is 5.58. The lowest BCUT2D eigenvalue weighted by molar-refractivity contribution is -0.123. The highest BCUT2D eigenvalue weighted by atomic mass is 16.4. The highest BCUT2D eigenvalue weighted by Gasteiger charge is 2.10. The zero-order valence-electron chi connectivity index (χ0n) is 12.0. The summed E-state index contributed by atoms with van der Waals surface area (Å²) in [5.74, 6) is 1.06. The minimum Gasteiger partial charge on any atom is -0.421 e. The molecule has 5 heteroatoms. The molecule has 0 atom stereocenters. The fourth-order valence-corrected chi connectivity index (χ4v) is 1.66. The van der Waals surface area contributed by atoms with Crippen LogP contribution in [0.5, 0.6) is 0 Å². The summed E-state index contributed by atoms with van der Waals surface area (Å²) in [7, 11) is 0. The van der Waals surface area contributed by atoms with Gasteiger partial charge in [-0.15, -0.1) is 10.2 Å². The molecule has 0 fully saturated rings. The van der Waals surface area contributed by atoms with Crippen molar-refractivity contribution in [2.24, 2.45) is 5.92 Å². The van der Waals surface area contributed by atoms with Gasteiger partial charge < -0.3 is 9.73 Å². The number of rotatable bonds is 5. The number of aryl methyl sites for hydroxylation is 1. The number of hydrogen-bond acceptors (Lipinski definition) is 4. The monoisotopic (exact) mass is 273 g/mol. The second-order valence-electron chi connectivity index (χ2n) is 5.06. The number of amides is 1. The Morgan fingerprint density at radius 1 is 1.25 bits per heavy atom. The second-order valence-corrected chi connectivity index (χ2v) is 5.06. The van der Waals surface area contributed by atoms with Gasteiger partial charge in [0.15, 0.2) is 0 Å². The van der Waals surface area contributed by atoms with Gasteiger partial charge in [-0.1, -0.05) is 31.5 Å². The molecule has 1 heterocycles. The third-order valence-electron chi connectivity index (χ3n) is 2.93. The predicted molar refractivity (Wildman–Crippen MR) is 76.0 cm³/mol. The molecule has 2 aromatic rings. The van der Waals surface area contributed by atoms with E-state index in [2.05, 4.69) is 15.5 Å². The molecule has 0 unspecified atom stereocenters. The maximum Gasteiger partial charge on any atom is 0.247 e. The first-order valence-electron chi connectivity index (χ1n) is 6.73. The van der Waals surface area contributed by atoms with Crippen molar-refractivity contribution in [3.63, 3.8) is 0 Å². The van der Waals surface area contributed by atoms with Gasteiger partial charge in [-0.05, 0) is 19.1 Å². The molecule has 0 spiro atoms. The Kier molecular flexibility index (Phi) is 4.50. The lowest BCUT2D eigenvalue weighted by atomic mass is 10.1. The minimum atomic E-state index is -0.0131. The van der Waals surface area contributed by atoms with Gasteiger partial charge in [0.25, 0.3) is 0 Å². The number of benzene rings is 1. The smallest absolute Gasteiger partial charge is 0.247 e. The van der Waals surface area contributed by atoms with Crippen molar-refractivity contribution in [2.75, 3.05) is 6.54 Å². The van der Waals surface area contributed by atoms with Crippen LogP contribution in [-0.4, -0.2) is 22.6 Å². The molecule has 0 aliphatic rings. The average Bonchev–Trinajstić information content (AvgIpc) is 2.88. The molecule has 1 amide bonds. The van der Waals surface area contributed by atoms with Crippen molar-refractivity contribution in [2.45, 2.75) is 27.2 Å². The molecule has 0 radical (unpaired) electrons. The summed E-state index contributed by atoms with van der Waals surface area (Å²) in [6, 6.07) is 7.91. The van der Waals surface area contributed by atoms with E-state index in [1.54, 1.807) is 0 Å². The summed E-state index contributed by atoms with van der Waals surface area (Å²) in [6.45, 7) is 6.25. The van der Waals surface area contributed by atoms with E-state index >= 15 is 0 Å². The van der Waals surface area contributed by atoms with Gasteiger partial charge in [-0.25, -0.2) is 0 Å². The maximum absolute atomic E-state index is 11.4. The number of nitrogens with zero attached hydrogens (tertiary/aromatic N) is 2. The fourth-order valence-electron chi connectivity index (χ4n) is 1.66. The largest absolute Gasteiger partial charge is 0.421 e. The van der Waals surface area contributed by atoms with E-state index < -0.39 is 0 Å². The molecule has 5 nitrogen and oxygen atoms in total. The van der Waals surface area contributed by atoms with Gasteiger partial charge in [-0.2, -0.15) is 0 Å². The van der Waals surface area contributed by atoms with Gasteiger partial charge in [0, 0.05) is 24.4 Å². The van der Waals surface area contributed by atoms with Gasteiger partial charge in [0.05, 0.1) is 0 Å². The SMILES string of the molecule is Cc1ccc(-c2nnc(CCNC(=O)C(C)C)o2)cc1. The molecule has 1 N–H and O–H groups in total. The number of aromatic nitrogens is 2. The number of hydrogen-bond donors (Lipinski definition) is 1. The molecule has 0 aliphatic heterocycles. The first-order chi connectivity index (χ1) is 9.56. The van der Waals surface area contributed by atoms with E-state index in [0.717, 1.165) is 5.56 Å². The van der Waals surface area contributed by atoms with E-state index in [0.29, 0.717) is 24.7 Å². The molecule has 2 rings (SSSR count). The number of carbonyl (C=O) groups is 1. The Morgan fingerprint density at radius 2 is 1.95 bits per heavy atom. The molecular formula is C15H19N3O2. The van der Waals surface area contributed by atoms with Gasteiger partial charge in [-0.3, -0.25) is 4.79 Å². The zero-order valence-corrected chi connectivity index (χ0v) is 12.0. The highest BCUT2D eigenvalue weighted by molar-refractivity contribution is 5.77. The fraction of sp³-hybridized carbons (Fsp3) is 0.400. The number of carbonyl (C=O) groups excluding carboxylic acids is 1. The van der Waals surface area contributed by atoms with Crippen LogP contribution in [0.3, 0.4) is 0 Å². The Balaban J connectivity index is 1.92. The van der Waals surface area contributed by atoms with Gasteiger partial charge >= 0.3 is 0 Å². The molecular weight excluding hydrogens is 254 g/mol. The molecule has 1 aromatic carbocycles. The van der Waals surface area contributed by atoms with Crippen molar-refractivity contribution in [1.82, 2.24) is 15.5 Å². The topological polar surface area (TPSA) is 68.0 Å². The molecule has 0 saturated carbocycles. The Bertz CT molecular complexity index is 573. The second kappa shape index (κ2) is 6.32. The summed E-state index contributed by atoms with van der Waals surface area (Å²) >= 11 is 0. The van der Waals surface area contributed by atoms with Crippen LogP contribution >= 0.6 is 0 Å². The molecule has 0 bridgehead atoms. The lowest BCUT2D eigenvalue weighted by Gasteiger charge is -2.05. The van der Waals surface area contributed by atoms with Gasteiger partial charge in [0.1, 0.15) is 0 Å². The Morgan fingerprint density at radius 3 is 2.60 bits per heavy atom. The lowest BCUT2D eigenvalue weighted by Crippen LogP contribution is -2.29. The molecule has 0 saturated heterocycles. The van der Waals surface area contributed by atoms with Gasteiger partial charge in [0.2, 0.25) is 17.7 Å². The summed E-state index contributed by atoms with van der Waals surface area (Å²) in [4.78, 5) is 11.4. The minimum absolute atomic E-state index is 0.0131. The first kappa shape index (κ1) is 14.2. The Labute approximate surface area is 118 Å². The van der Waals surface area contributed by atoms with Crippen molar-refractivity contribution in [1.29, 1.82) is 0 Å². The number of nitrogens with one attached hydrogen (secondary N) is 1.